The molecule has 1 aromatic carbocycles. The first-order valence-corrected chi connectivity index (χ1v) is 14.7. The molecule has 11 heteroatoms. The monoisotopic (exact) mass is 563 g/mol. The average molecular weight is 564 g/mol. The number of halogens is 1. The lowest BCUT2D eigenvalue weighted by Gasteiger charge is -2.37. The van der Waals surface area contributed by atoms with Gasteiger partial charge in [0.1, 0.15) is 17.3 Å². The van der Waals surface area contributed by atoms with Crippen LogP contribution in [0.4, 0.5) is 21.0 Å². The normalized spacial score (nSPS) is 16.6. The highest BCUT2D eigenvalue weighted by Crippen LogP contribution is 2.34. The Kier molecular flexibility index (Phi) is 7.68. The van der Waals surface area contributed by atoms with Crippen molar-refractivity contribution in [1.29, 1.82) is 0 Å². The number of fused-ring (bicyclic) bond motifs is 1. The quantitative estimate of drug-likeness (QED) is 0.338. The summed E-state index contributed by atoms with van der Waals surface area (Å²) in [4.78, 5) is 31.1. The van der Waals surface area contributed by atoms with Crippen LogP contribution in [0.25, 0.3) is 16.9 Å². The number of carbonyl (C=O) groups is 1. The van der Waals surface area contributed by atoms with Crippen molar-refractivity contribution in [1.82, 2.24) is 24.2 Å². The number of benzene rings is 1. The number of rotatable bonds is 7. The molecular formula is C29H34FN7O2S. The first-order valence-electron chi connectivity index (χ1n) is 13.8. The third-order valence-electron chi connectivity index (χ3n) is 7.68. The second-order valence-corrected chi connectivity index (χ2v) is 11.0. The van der Waals surface area contributed by atoms with Gasteiger partial charge in [0.15, 0.2) is 5.13 Å². The van der Waals surface area contributed by atoms with Crippen LogP contribution in [0.15, 0.2) is 48.0 Å². The summed E-state index contributed by atoms with van der Waals surface area (Å²) in [6, 6.07) is 10.6. The molecule has 210 valence electrons. The minimum atomic E-state index is -0.256. The molecule has 0 aliphatic carbocycles. The molecule has 0 bridgehead atoms. The van der Waals surface area contributed by atoms with Gasteiger partial charge in [0.25, 0.3) is 0 Å². The first kappa shape index (κ1) is 26.7. The highest BCUT2D eigenvalue weighted by molar-refractivity contribution is 7.14. The Hall–Kier alpha value is -3.54. The van der Waals surface area contributed by atoms with Crippen LogP contribution in [0.2, 0.25) is 0 Å². The SMILES string of the molecule is CCc1nc2ccc(N3CCN(CC(=O)N4CCOCC4)CC3)cn2c1N(C)c1nc(-c2ccc(F)cc2)cs1. The zero-order valence-electron chi connectivity index (χ0n) is 22.9. The van der Waals surface area contributed by atoms with E-state index in [1.54, 1.807) is 23.5 Å². The molecule has 2 aliphatic heterocycles. The summed E-state index contributed by atoms with van der Waals surface area (Å²) in [7, 11) is 2.02. The predicted molar refractivity (Wildman–Crippen MR) is 156 cm³/mol. The lowest BCUT2D eigenvalue weighted by Crippen LogP contribution is -2.51. The Morgan fingerprint density at radius 3 is 2.50 bits per heavy atom. The Bertz CT molecular complexity index is 1470. The van der Waals surface area contributed by atoms with Gasteiger partial charge in [-0.05, 0) is 42.8 Å². The number of pyridine rings is 1. The maximum Gasteiger partial charge on any atom is 0.236 e. The smallest absolute Gasteiger partial charge is 0.236 e. The molecule has 6 rings (SSSR count). The van der Waals surface area contributed by atoms with Crippen molar-refractivity contribution >= 4 is 39.5 Å². The van der Waals surface area contributed by atoms with Gasteiger partial charge in [-0.1, -0.05) is 6.92 Å². The van der Waals surface area contributed by atoms with Gasteiger partial charge in [0, 0.05) is 63.5 Å². The van der Waals surface area contributed by atoms with Crippen molar-refractivity contribution in [3.63, 3.8) is 0 Å². The number of morpholine rings is 1. The second kappa shape index (κ2) is 11.5. The van der Waals surface area contributed by atoms with Gasteiger partial charge < -0.3 is 19.4 Å². The number of hydrogen-bond donors (Lipinski definition) is 0. The molecule has 0 unspecified atom stereocenters. The van der Waals surface area contributed by atoms with Crippen molar-refractivity contribution in [3.05, 3.63) is 59.5 Å². The largest absolute Gasteiger partial charge is 0.378 e. The van der Waals surface area contributed by atoms with Crippen LogP contribution in [-0.4, -0.2) is 96.2 Å². The molecule has 4 aromatic rings. The Labute approximate surface area is 237 Å². The fourth-order valence-electron chi connectivity index (χ4n) is 5.38. The number of aryl methyl sites for hydroxylation is 1. The molecule has 0 N–H and O–H groups in total. The minimum absolute atomic E-state index is 0.195. The molecule has 0 saturated carbocycles. The highest BCUT2D eigenvalue weighted by atomic mass is 32.1. The Balaban J connectivity index is 1.19. The van der Waals surface area contributed by atoms with Gasteiger partial charge in [-0.25, -0.2) is 14.4 Å². The Morgan fingerprint density at radius 2 is 1.77 bits per heavy atom. The van der Waals surface area contributed by atoms with E-state index in [4.69, 9.17) is 14.7 Å². The first-order chi connectivity index (χ1) is 19.5. The van der Waals surface area contributed by atoms with E-state index in [9.17, 15) is 9.18 Å². The fraction of sp³-hybridized carbons (Fsp3) is 0.414. The molecule has 1 amide bonds. The summed E-state index contributed by atoms with van der Waals surface area (Å²) in [5, 5.41) is 2.85. The van der Waals surface area contributed by atoms with E-state index in [-0.39, 0.29) is 11.7 Å². The third-order valence-corrected chi connectivity index (χ3v) is 8.60. The third kappa shape index (κ3) is 5.41. The van der Waals surface area contributed by atoms with E-state index in [0.717, 1.165) is 71.8 Å². The van der Waals surface area contributed by atoms with Crippen molar-refractivity contribution < 1.29 is 13.9 Å². The molecule has 0 atom stereocenters. The second-order valence-electron chi connectivity index (χ2n) is 10.2. The fourth-order valence-corrected chi connectivity index (χ4v) is 6.18. The molecule has 40 heavy (non-hydrogen) atoms. The van der Waals surface area contributed by atoms with Crippen LogP contribution in [-0.2, 0) is 16.0 Å². The molecule has 9 nitrogen and oxygen atoms in total. The number of thiazole rings is 1. The van der Waals surface area contributed by atoms with Crippen LogP contribution < -0.4 is 9.80 Å². The number of amides is 1. The molecule has 0 radical (unpaired) electrons. The van der Waals surface area contributed by atoms with Crippen molar-refractivity contribution in [3.8, 4) is 11.3 Å². The number of anilines is 3. The summed E-state index contributed by atoms with van der Waals surface area (Å²) in [5.74, 6) is 0.934. The number of carbonyl (C=O) groups excluding carboxylic acids is 1. The van der Waals surface area contributed by atoms with Crippen LogP contribution in [0, 0.1) is 5.82 Å². The van der Waals surface area contributed by atoms with E-state index < -0.39 is 0 Å². The van der Waals surface area contributed by atoms with E-state index in [2.05, 4.69) is 44.4 Å². The Morgan fingerprint density at radius 1 is 1.02 bits per heavy atom. The van der Waals surface area contributed by atoms with Crippen molar-refractivity contribution in [2.45, 2.75) is 13.3 Å². The van der Waals surface area contributed by atoms with Gasteiger partial charge >= 0.3 is 0 Å². The van der Waals surface area contributed by atoms with E-state index in [0.29, 0.717) is 32.8 Å². The average Bonchev–Trinajstić information content (AvgIpc) is 3.63. The number of imidazole rings is 1. The van der Waals surface area contributed by atoms with Gasteiger partial charge in [-0.3, -0.25) is 14.1 Å². The summed E-state index contributed by atoms with van der Waals surface area (Å²) >= 11 is 1.56. The summed E-state index contributed by atoms with van der Waals surface area (Å²) < 4.78 is 20.9. The molecule has 2 saturated heterocycles. The molecule has 2 aliphatic rings. The number of nitrogens with zero attached hydrogens (tertiary/aromatic N) is 7. The summed E-state index contributed by atoms with van der Waals surface area (Å²) in [6.07, 6.45) is 2.96. The maximum atomic E-state index is 13.4. The molecule has 2 fully saturated rings. The van der Waals surface area contributed by atoms with E-state index >= 15 is 0 Å². The summed E-state index contributed by atoms with van der Waals surface area (Å²) in [6.45, 7) is 8.62. The van der Waals surface area contributed by atoms with E-state index in [1.807, 2.05) is 17.3 Å². The lowest BCUT2D eigenvalue weighted by atomic mass is 10.2. The van der Waals surface area contributed by atoms with Crippen LogP contribution in [0.5, 0.6) is 0 Å². The van der Waals surface area contributed by atoms with Crippen LogP contribution >= 0.6 is 11.3 Å². The van der Waals surface area contributed by atoms with Gasteiger partial charge in [-0.15, -0.1) is 11.3 Å². The number of hydrogen-bond acceptors (Lipinski definition) is 8. The maximum absolute atomic E-state index is 13.4. The van der Waals surface area contributed by atoms with E-state index in [1.165, 1.54) is 12.1 Å². The summed E-state index contributed by atoms with van der Waals surface area (Å²) in [5.41, 5.74) is 4.74. The minimum Gasteiger partial charge on any atom is -0.378 e. The lowest BCUT2D eigenvalue weighted by molar-refractivity contribution is -0.136. The zero-order chi connectivity index (χ0) is 27.6. The predicted octanol–water partition coefficient (Wildman–Crippen LogP) is 3.91. The standard InChI is InChI=1S/C29H34FN7O2S/c1-3-24-28(33(2)29-32-25(20-40-29)21-4-6-22(30)7-5-21)37-18-23(8-9-26(37)31-24)35-12-10-34(11-13-35)19-27(38)36-14-16-39-17-15-36/h4-9,18,20H,3,10-17,19H2,1-2H3. The molecule has 5 heterocycles. The number of aromatic nitrogens is 3. The highest BCUT2D eigenvalue weighted by Gasteiger charge is 2.24. The number of piperazine rings is 1. The van der Waals surface area contributed by atoms with Crippen molar-refractivity contribution in [2.75, 3.05) is 75.9 Å². The van der Waals surface area contributed by atoms with Crippen LogP contribution in [0.1, 0.15) is 12.6 Å². The van der Waals surface area contributed by atoms with Gasteiger partial charge in [0.05, 0.1) is 36.8 Å². The molecule has 3 aromatic heterocycles. The van der Waals surface area contributed by atoms with Gasteiger partial charge in [0.2, 0.25) is 5.91 Å². The van der Waals surface area contributed by atoms with Crippen molar-refractivity contribution in [2.24, 2.45) is 0 Å². The number of ether oxygens (including phenoxy) is 1. The van der Waals surface area contributed by atoms with Crippen LogP contribution in [0.3, 0.4) is 0 Å². The van der Waals surface area contributed by atoms with Gasteiger partial charge in [-0.2, -0.15) is 0 Å². The topological polar surface area (TPSA) is 69.5 Å². The molecule has 0 spiro atoms. The molecular weight excluding hydrogens is 529 g/mol. The zero-order valence-corrected chi connectivity index (χ0v) is 23.7.